The van der Waals surface area contributed by atoms with Crippen LogP contribution in [-0.4, -0.2) is 41.7 Å². The number of piperidine rings is 1. The molecule has 1 fully saturated rings. The summed E-state index contributed by atoms with van der Waals surface area (Å²) < 4.78 is 5.88. The zero-order valence-electron chi connectivity index (χ0n) is 14.4. The van der Waals surface area contributed by atoms with Crippen LogP contribution in [0.4, 0.5) is 4.79 Å². The van der Waals surface area contributed by atoms with E-state index in [1.165, 1.54) is 10.6 Å². The lowest BCUT2D eigenvalue weighted by atomic mass is 9.97. The number of thiazole rings is 1. The minimum absolute atomic E-state index is 0.0299. The fraction of sp³-hybridized carbons (Fsp3) is 0.474. The number of benzene rings is 1. The quantitative estimate of drug-likeness (QED) is 0.897. The summed E-state index contributed by atoms with van der Waals surface area (Å²) >= 11 is 1.72. The molecular formula is C19H23N3O2S. The molecule has 6 heteroatoms. The number of rotatable bonds is 2. The molecule has 0 radical (unpaired) electrons. The second-order valence-corrected chi connectivity index (χ2v) is 7.78. The molecule has 0 spiro atoms. The highest BCUT2D eigenvalue weighted by molar-refractivity contribution is 7.09. The Balaban J connectivity index is 1.31. The van der Waals surface area contributed by atoms with Gasteiger partial charge in [-0.1, -0.05) is 18.2 Å². The third-order valence-corrected chi connectivity index (χ3v) is 6.04. The lowest BCUT2D eigenvalue weighted by molar-refractivity contribution is 0.167. The standard InChI is InChI=1S/C19H23N3O2S/c1-13-3-2-4-15-11-16(12-24-17(13)15)21-19(23)22-8-5-14(6-9-22)18-20-7-10-25-18/h2-4,7,10,14,16H,5-6,8-9,11-12H2,1H3,(H,21,23). The van der Waals surface area contributed by atoms with Crippen LogP contribution in [0.15, 0.2) is 29.8 Å². The Labute approximate surface area is 152 Å². The van der Waals surface area contributed by atoms with Crippen molar-refractivity contribution in [2.75, 3.05) is 19.7 Å². The van der Waals surface area contributed by atoms with Gasteiger partial charge in [-0.25, -0.2) is 9.78 Å². The van der Waals surface area contributed by atoms with E-state index in [4.69, 9.17) is 4.74 Å². The van der Waals surface area contributed by atoms with Gasteiger partial charge in [0.05, 0.1) is 11.0 Å². The van der Waals surface area contributed by atoms with Gasteiger partial charge in [-0.2, -0.15) is 0 Å². The Kier molecular flexibility index (Phi) is 4.61. The van der Waals surface area contributed by atoms with Gasteiger partial charge in [-0.15, -0.1) is 11.3 Å². The second-order valence-electron chi connectivity index (χ2n) is 6.86. The highest BCUT2D eigenvalue weighted by Crippen LogP contribution is 2.30. The molecule has 1 unspecified atom stereocenters. The molecule has 1 aromatic heterocycles. The molecule has 2 aliphatic heterocycles. The van der Waals surface area contributed by atoms with Crippen molar-refractivity contribution in [1.29, 1.82) is 0 Å². The molecule has 1 saturated heterocycles. The number of aromatic nitrogens is 1. The van der Waals surface area contributed by atoms with E-state index in [1.807, 2.05) is 22.5 Å². The summed E-state index contributed by atoms with van der Waals surface area (Å²) in [4.78, 5) is 18.9. The van der Waals surface area contributed by atoms with Gasteiger partial charge >= 0.3 is 6.03 Å². The molecule has 0 saturated carbocycles. The number of aryl methyl sites for hydroxylation is 1. The van der Waals surface area contributed by atoms with Gasteiger partial charge in [0, 0.05) is 30.6 Å². The molecule has 1 aromatic carbocycles. The molecule has 0 bridgehead atoms. The van der Waals surface area contributed by atoms with Crippen LogP contribution in [0.1, 0.15) is 34.9 Å². The molecule has 1 atom stereocenters. The predicted molar refractivity (Wildman–Crippen MR) is 98.4 cm³/mol. The van der Waals surface area contributed by atoms with Gasteiger partial charge in [0.15, 0.2) is 0 Å². The molecule has 3 heterocycles. The number of carbonyl (C=O) groups excluding carboxylic acids is 1. The second kappa shape index (κ2) is 7.04. The third kappa shape index (κ3) is 3.49. The summed E-state index contributed by atoms with van der Waals surface area (Å²) in [6.07, 6.45) is 4.67. The lowest BCUT2D eigenvalue weighted by Gasteiger charge is -2.33. The number of ether oxygens (including phenoxy) is 1. The third-order valence-electron chi connectivity index (χ3n) is 5.10. The Morgan fingerprint density at radius 3 is 2.96 bits per heavy atom. The highest BCUT2D eigenvalue weighted by atomic mass is 32.1. The van der Waals surface area contributed by atoms with Crippen LogP contribution in [0.2, 0.25) is 0 Å². The smallest absolute Gasteiger partial charge is 0.317 e. The minimum Gasteiger partial charge on any atom is -0.491 e. The Hall–Kier alpha value is -2.08. The molecule has 0 aliphatic carbocycles. The molecule has 132 valence electrons. The number of para-hydroxylation sites is 1. The fourth-order valence-electron chi connectivity index (χ4n) is 3.71. The van der Waals surface area contributed by atoms with Crippen LogP contribution in [0.25, 0.3) is 0 Å². The van der Waals surface area contributed by atoms with Crippen LogP contribution < -0.4 is 10.1 Å². The number of likely N-dealkylation sites (tertiary alicyclic amines) is 1. The van der Waals surface area contributed by atoms with Gasteiger partial charge < -0.3 is 15.0 Å². The van der Waals surface area contributed by atoms with Crippen molar-refractivity contribution in [3.05, 3.63) is 45.9 Å². The van der Waals surface area contributed by atoms with Crippen molar-refractivity contribution in [2.45, 2.75) is 38.1 Å². The highest BCUT2D eigenvalue weighted by Gasteiger charge is 2.28. The van der Waals surface area contributed by atoms with Crippen molar-refractivity contribution in [3.8, 4) is 5.75 Å². The van der Waals surface area contributed by atoms with E-state index in [1.54, 1.807) is 11.3 Å². The zero-order chi connectivity index (χ0) is 17.2. The number of amides is 2. The number of nitrogens with zero attached hydrogens (tertiary/aromatic N) is 2. The molecule has 2 amide bonds. The number of fused-ring (bicyclic) bond motifs is 1. The number of nitrogens with one attached hydrogen (secondary N) is 1. The molecule has 2 aliphatic rings. The molecule has 5 nitrogen and oxygen atoms in total. The number of carbonyl (C=O) groups is 1. The summed E-state index contributed by atoms with van der Waals surface area (Å²) in [5.41, 5.74) is 2.34. The van der Waals surface area contributed by atoms with Gasteiger partial charge in [-0.05, 0) is 37.3 Å². The first-order chi connectivity index (χ1) is 12.2. The monoisotopic (exact) mass is 357 g/mol. The molecule has 1 N–H and O–H groups in total. The van der Waals surface area contributed by atoms with E-state index in [0.717, 1.165) is 43.7 Å². The van der Waals surface area contributed by atoms with E-state index in [9.17, 15) is 4.79 Å². The topological polar surface area (TPSA) is 54.5 Å². The van der Waals surface area contributed by atoms with Gasteiger partial charge in [0.25, 0.3) is 0 Å². The average Bonchev–Trinajstić information content (AvgIpc) is 3.17. The van der Waals surface area contributed by atoms with Crippen LogP contribution in [0.5, 0.6) is 5.75 Å². The van der Waals surface area contributed by atoms with Gasteiger partial charge in [-0.3, -0.25) is 0 Å². The summed E-state index contributed by atoms with van der Waals surface area (Å²) in [7, 11) is 0. The number of hydrogen-bond acceptors (Lipinski definition) is 4. The largest absolute Gasteiger partial charge is 0.491 e. The lowest BCUT2D eigenvalue weighted by Crippen LogP contribution is -2.50. The minimum atomic E-state index is 0.0299. The molecule has 4 rings (SSSR count). The number of urea groups is 1. The summed E-state index contributed by atoms with van der Waals surface area (Å²) in [6.45, 7) is 4.18. The molecule has 2 aromatic rings. The summed E-state index contributed by atoms with van der Waals surface area (Å²) in [5, 5.41) is 6.37. The van der Waals surface area contributed by atoms with Crippen LogP contribution in [0, 0.1) is 6.92 Å². The predicted octanol–water partition coefficient (Wildman–Crippen LogP) is 3.34. The van der Waals surface area contributed by atoms with E-state index < -0.39 is 0 Å². The Morgan fingerprint density at radius 2 is 2.20 bits per heavy atom. The first-order valence-corrected chi connectivity index (χ1v) is 9.75. The van der Waals surface area contributed by atoms with Gasteiger partial charge in [0.1, 0.15) is 12.4 Å². The van der Waals surface area contributed by atoms with Crippen LogP contribution in [0.3, 0.4) is 0 Å². The van der Waals surface area contributed by atoms with Gasteiger partial charge in [0.2, 0.25) is 0 Å². The van der Waals surface area contributed by atoms with Crippen molar-refractivity contribution >= 4 is 17.4 Å². The number of hydrogen-bond donors (Lipinski definition) is 1. The SMILES string of the molecule is Cc1cccc2c1OCC(NC(=O)N1CCC(c3nccs3)CC1)C2. The van der Waals surface area contributed by atoms with Crippen LogP contribution >= 0.6 is 11.3 Å². The molecular weight excluding hydrogens is 334 g/mol. The van der Waals surface area contributed by atoms with Crippen molar-refractivity contribution in [2.24, 2.45) is 0 Å². The first-order valence-electron chi connectivity index (χ1n) is 8.87. The maximum absolute atomic E-state index is 12.6. The molecule has 25 heavy (non-hydrogen) atoms. The van der Waals surface area contributed by atoms with Crippen molar-refractivity contribution in [3.63, 3.8) is 0 Å². The Bertz CT molecular complexity index is 739. The Morgan fingerprint density at radius 1 is 1.36 bits per heavy atom. The van der Waals surface area contributed by atoms with E-state index in [2.05, 4.69) is 29.4 Å². The van der Waals surface area contributed by atoms with Crippen LogP contribution in [-0.2, 0) is 6.42 Å². The summed E-state index contributed by atoms with van der Waals surface area (Å²) in [6, 6.07) is 6.26. The van der Waals surface area contributed by atoms with Crippen molar-refractivity contribution < 1.29 is 9.53 Å². The fourth-order valence-corrected chi connectivity index (χ4v) is 4.52. The van der Waals surface area contributed by atoms with E-state index in [-0.39, 0.29) is 12.1 Å². The normalized spacial score (nSPS) is 20.7. The maximum atomic E-state index is 12.6. The summed E-state index contributed by atoms with van der Waals surface area (Å²) in [5.74, 6) is 1.48. The average molecular weight is 357 g/mol. The van der Waals surface area contributed by atoms with E-state index >= 15 is 0 Å². The zero-order valence-corrected chi connectivity index (χ0v) is 15.2. The first kappa shape index (κ1) is 16.4. The maximum Gasteiger partial charge on any atom is 0.317 e. The van der Waals surface area contributed by atoms with Crippen molar-refractivity contribution in [1.82, 2.24) is 15.2 Å². The van der Waals surface area contributed by atoms with E-state index in [0.29, 0.717) is 12.5 Å².